The maximum Gasteiger partial charge on any atom is 0.450 e. The number of alkyl halides is 3. The number of nitrogens with zero attached hydrogens (tertiary/aromatic N) is 1. The van der Waals surface area contributed by atoms with Crippen LogP contribution in [0.15, 0.2) is 59.0 Å². The Hall–Kier alpha value is -2.48. The Balaban J connectivity index is 0.00000361. The SMILES string of the molecule is C[N+](C)(Cc1ccc(NC(=O)c2cc(-c3ccc(Cl)cc3)oc2C(F)(F)F)cc1)C1CCCCC1.[Cl-]. The van der Waals surface area contributed by atoms with Crippen LogP contribution in [0.3, 0.4) is 0 Å². The second-order valence-corrected chi connectivity index (χ2v) is 10.2. The second-order valence-electron chi connectivity index (χ2n) is 9.74. The molecule has 194 valence electrons. The maximum absolute atomic E-state index is 13.6. The smallest absolute Gasteiger partial charge is 0.450 e. The molecule has 1 aromatic heterocycles. The van der Waals surface area contributed by atoms with Crippen molar-refractivity contribution in [3.8, 4) is 11.3 Å². The molecule has 0 unspecified atom stereocenters. The van der Waals surface area contributed by atoms with Crippen molar-refractivity contribution in [3.63, 3.8) is 0 Å². The van der Waals surface area contributed by atoms with Gasteiger partial charge in [-0.25, -0.2) is 0 Å². The van der Waals surface area contributed by atoms with Gasteiger partial charge in [-0.2, -0.15) is 13.2 Å². The van der Waals surface area contributed by atoms with Gasteiger partial charge in [-0.15, -0.1) is 0 Å². The molecule has 1 amide bonds. The lowest BCUT2D eigenvalue weighted by atomic mass is 9.92. The molecule has 0 atom stereocenters. The zero-order valence-corrected chi connectivity index (χ0v) is 21.7. The number of quaternary nitrogens is 1. The summed E-state index contributed by atoms with van der Waals surface area (Å²) in [5, 5.41) is 3.02. The largest absolute Gasteiger partial charge is 1.00 e. The summed E-state index contributed by atoms with van der Waals surface area (Å²) in [6.07, 6.45) is 1.48. The summed E-state index contributed by atoms with van der Waals surface area (Å²) in [5.74, 6) is -2.27. The molecule has 0 radical (unpaired) electrons. The summed E-state index contributed by atoms with van der Waals surface area (Å²) in [4.78, 5) is 12.8. The number of halogens is 5. The lowest BCUT2D eigenvalue weighted by Crippen LogP contribution is -3.00. The minimum atomic E-state index is -4.82. The number of nitrogens with one attached hydrogen (secondary N) is 1. The van der Waals surface area contributed by atoms with Crippen LogP contribution in [0, 0.1) is 0 Å². The number of amides is 1. The number of carbonyl (C=O) groups is 1. The molecule has 0 bridgehead atoms. The molecule has 1 N–H and O–H groups in total. The molecule has 9 heteroatoms. The average molecular weight is 541 g/mol. The number of carbonyl (C=O) groups excluding carboxylic acids is 1. The topological polar surface area (TPSA) is 42.2 Å². The predicted molar refractivity (Wildman–Crippen MR) is 131 cm³/mol. The van der Waals surface area contributed by atoms with Crippen molar-refractivity contribution in [3.05, 3.63) is 76.5 Å². The highest BCUT2D eigenvalue weighted by Crippen LogP contribution is 2.38. The fourth-order valence-electron chi connectivity index (χ4n) is 4.80. The number of benzene rings is 2. The van der Waals surface area contributed by atoms with E-state index in [2.05, 4.69) is 19.4 Å². The number of hydrogen-bond donors (Lipinski definition) is 1. The van der Waals surface area contributed by atoms with Gasteiger partial charge in [0.25, 0.3) is 5.91 Å². The van der Waals surface area contributed by atoms with Crippen LogP contribution in [-0.2, 0) is 12.7 Å². The highest BCUT2D eigenvalue weighted by atomic mass is 35.5. The molecule has 4 nitrogen and oxygen atoms in total. The van der Waals surface area contributed by atoms with E-state index in [9.17, 15) is 18.0 Å². The molecule has 1 fully saturated rings. The van der Waals surface area contributed by atoms with Crippen molar-refractivity contribution in [2.45, 2.75) is 50.9 Å². The van der Waals surface area contributed by atoms with Crippen molar-refractivity contribution in [2.24, 2.45) is 0 Å². The first kappa shape index (κ1) is 28.1. The Morgan fingerprint density at radius 3 is 2.22 bits per heavy atom. The zero-order valence-electron chi connectivity index (χ0n) is 20.2. The fourth-order valence-corrected chi connectivity index (χ4v) is 4.92. The Bertz CT molecular complexity index is 1170. The van der Waals surface area contributed by atoms with E-state index in [4.69, 9.17) is 16.0 Å². The third kappa shape index (κ3) is 6.64. The van der Waals surface area contributed by atoms with E-state index in [-0.39, 0.29) is 18.2 Å². The Kier molecular flexibility index (Phi) is 8.80. The second kappa shape index (κ2) is 11.3. The highest BCUT2D eigenvalue weighted by Gasteiger charge is 2.40. The van der Waals surface area contributed by atoms with Crippen molar-refractivity contribution in [2.75, 3.05) is 19.4 Å². The summed E-state index contributed by atoms with van der Waals surface area (Å²) >= 11 is 5.86. The Morgan fingerprint density at radius 2 is 1.64 bits per heavy atom. The minimum Gasteiger partial charge on any atom is -1.00 e. The molecule has 1 heterocycles. The Morgan fingerprint density at radius 1 is 1.03 bits per heavy atom. The summed E-state index contributed by atoms with van der Waals surface area (Å²) in [6.45, 7) is 0.850. The first-order chi connectivity index (χ1) is 16.5. The van der Waals surface area contributed by atoms with E-state index < -0.39 is 23.4 Å². The molecule has 0 saturated heterocycles. The van der Waals surface area contributed by atoms with E-state index >= 15 is 0 Å². The van der Waals surface area contributed by atoms with Crippen molar-refractivity contribution >= 4 is 23.2 Å². The van der Waals surface area contributed by atoms with Gasteiger partial charge in [-0.05, 0) is 68.1 Å². The van der Waals surface area contributed by atoms with Gasteiger partial charge in [-0.3, -0.25) is 4.79 Å². The number of rotatable bonds is 6. The van der Waals surface area contributed by atoms with Crippen LogP contribution in [0.1, 0.15) is 53.8 Å². The highest BCUT2D eigenvalue weighted by molar-refractivity contribution is 6.30. The van der Waals surface area contributed by atoms with Gasteiger partial charge in [-0.1, -0.05) is 30.2 Å². The number of hydrogen-bond acceptors (Lipinski definition) is 2. The molecular weight excluding hydrogens is 512 g/mol. The van der Waals surface area contributed by atoms with Crippen LogP contribution in [0.2, 0.25) is 5.02 Å². The van der Waals surface area contributed by atoms with Crippen LogP contribution in [0.4, 0.5) is 18.9 Å². The standard InChI is InChI=1S/C27H28ClF3N2O2.ClH/c1-33(2,22-6-4-3-5-7-22)17-18-8-14-21(15-9-18)32-26(34)23-16-24(35-25(23)27(29,30)31)19-10-12-20(28)13-11-19;/h8-16,22H,3-7,17H2,1-2H3;1H. The molecule has 36 heavy (non-hydrogen) atoms. The first-order valence-electron chi connectivity index (χ1n) is 11.7. The lowest BCUT2D eigenvalue weighted by Gasteiger charge is -2.40. The summed E-state index contributed by atoms with van der Waals surface area (Å²) in [5.41, 5.74) is 1.36. The molecule has 0 aliphatic heterocycles. The van der Waals surface area contributed by atoms with Gasteiger partial charge in [0.15, 0.2) is 0 Å². The van der Waals surface area contributed by atoms with Crippen LogP contribution < -0.4 is 17.7 Å². The Labute approximate surface area is 220 Å². The molecular formula is C27H29Cl2F3N2O2. The zero-order chi connectivity index (χ0) is 25.2. The minimum absolute atomic E-state index is 0. The van der Waals surface area contributed by atoms with Gasteiger partial charge >= 0.3 is 6.18 Å². The molecule has 1 aliphatic carbocycles. The summed E-state index contributed by atoms with van der Waals surface area (Å²) in [7, 11) is 4.48. The van der Waals surface area contributed by atoms with Gasteiger partial charge in [0.2, 0.25) is 5.76 Å². The van der Waals surface area contributed by atoms with E-state index in [1.165, 1.54) is 44.2 Å². The van der Waals surface area contributed by atoms with E-state index in [1.54, 1.807) is 24.3 Å². The van der Waals surface area contributed by atoms with E-state index in [0.717, 1.165) is 22.7 Å². The van der Waals surface area contributed by atoms with Gasteiger partial charge in [0.05, 0.1) is 25.7 Å². The van der Waals surface area contributed by atoms with Crippen molar-refractivity contribution in [1.82, 2.24) is 0 Å². The molecule has 3 aromatic rings. The fraction of sp³-hybridized carbons (Fsp3) is 0.370. The van der Waals surface area contributed by atoms with Crippen LogP contribution in [-0.4, -0.2) is 30.5 Å². The van der Waals surface area contributed by atoms with Crippen LogP contribution >= 0.6 is 11.6 Å². The summed E-state index contributed by atoms with van der Waals surface area (Å²) < 4.78 is 46.8. The quantitative estimate of drug-likeness (QED) is 0.457. The predicted octanol–water partition coefficient (Wildman–Crippen LogP) is 4.78. The summed E-state index contributed by atoms with van der Waals surface area (Å²) in [6, 6.07) is 15.2. The number of furan rings is 1. The van der Waals surface area contributed by atoms with Gasteiger partial charge < -0.3 is 26.6 Å². The third-order valence-corrected chi connectivity index (χ3v) is 6.98. The average Bonchev–Trinajstić information content (AvgIpc) is 3.28. The molecule has 1 saturated carbocycles. The molecule has 4 rings (SSSR count). The number of anilines is 1. The monoisotopic (exact) mass is 540 g/mol. The van der Waals surface area contributed by atoms with Crippen LogP contribution in [0.25, 0.3) is 11.3 Å². The van der Waals surface area contributed by atoms with Crippen molar-refractivity contribution < 1.29 is 39.3 Å². The van der Waals surface area contributed by atoms with E-state index in [1.807, 2.05) is 12.1 Å². The van der Waals surface area contributed by atoms with Gasteiger partial charge in [0.1, 0.15) is 12.3 Å². The molecule has 0 spiro atoms. The maximum atomic E-state index is 13.6. The third-order valence-electron chi connectivity index (χ3n) is 6.73. The van der Waals surface area contributed by atoms with Crippen molar-refractivity contribution in [1.29, 1.82) is 0 Å². The van der Waals surface area contributed by atoms with Crippen LogP contribution in [0.5, 0.6) is 0 Å². The normalized spacial score (nSPS) is 14.8. The van der Waals surface area contributed by atoms with Gasteiger partial charge in [0, 0.05) is 21.8 Å². The lowest BCUT2D eigenvalue weighted by molar-refractivity contribution is -0.929. The first-order valence-corrected chi connectivity index (χ1v) is 12.1. The van der Waals surface area contributed by atoms with E-state index in [0.29, 0.717) is 22.3 Å². The molecule has 1 aliphatic rings. The molecule has 2 aromatic carbocycles.